The zero-order valence-electron chi connectivity index (χ0n) is 12.2. The van der Waals surface area contributed by atoms with E-state index in [4.69, 9.17) is 10.8 Å². The molecule has 1 fully saturated rings. The summed E-state index contributed by atoms with van der Waals surface area (Å²) in [5.41, 5.74) is 7.06. The largest absolute Gasteiger partial charge is 0.481 e. The fraction of sp³-hybridized carbons (Fsp3) is 0.500. The van der Waals surface area contributed by atoms with Crippen LogP contribution in [0, 0.1) is 5.92 Å². The van der Waals surface area contributed by atoms with Gasteiger partial charge in [0.2, 0.25) is 5.91 Å². The van der Waals surface area contributed by atoms with Crippen LogP contribution >= 0.6 is 0 Å². The van der Waals surface area contributed by atoms with Crippen LogP contribution in [0.25, 0.3) is 0 Å². The van der Waals surface area contributed by atoms with E-state index in [-0.39, 0.29) is 17.9 Å². The Labute approximate surface area is 124 Å². The van der Waals surface area contributed by atoms with Crippen molar-refractivity contribution in [1.29, 1.82) is 0 Å². The maximum atomic E-state index is 12.4. The van der Waals surface area contributed by atoms with Crippen LogP contribution in [-0.2, 0) is 16.0 Å². The van der Waals surface area contributed by atoms with Crippen molar-refractivity contribution >= 4 is 11.9 Å². The predicted octanol–water partition coefficient (Wildman–Crippen LogP) is 1.27. The van der Waals surface area contributed by atoms with Crippen molar-refractivity contribution in [3.8, 4) is 0 Å². The second kappa shape index (κ2) is 6.72. The van der Waals surface area contributed by atoms with Crippen molar-refractivity contribution in [2.75, 3.05) is 6.54 Å². The molecule has 1 aliphatic heterocycles. The summed E-state index contributed by atoms with van der Waals surface area (Å²) in [4.78, 5) is 25.2. The molecule has 1 heterocycles. The number of hydrogen-bond donors (Lipinski definition) is 2. The molecule has 0 saturated carbocycles. The number of piperidine rings is 1. The van der Waals surface area contributed by atoms with Gasteiger partial charge in [-0.25, -0.2) is 0 Å². The van der Waals surface area contributed by atoms with Crippen LogP contribution < -0.4 is 5.73 Å². The van der Waals surface area contributed by atoms with Crippen LogP contribution in [0.5, 0.6) is 0 Å². The van der Waals surface area contributed by atoms with Gasteiger partial charge in [0.1, 0.15) is 0 Å². The zero-order chi connectivity index (χ0) is 15.4. The summed E-state index contributed by atoms with van der Waals surface area (Å²) < 4.78 is 0. The van der Waals surface area contributed by atoms with Gasteiger partial charge in [-0.3, -0.25) is 9.59 Å². The maximum absolute atomic E-state index is 12.4. The molecule has 0 aromatic heterocycles. The number of nitrogens with zero attached hydrogens (tertiary/aromatic N) is 1. The van der Waals surface area contributed by atoms with Gasteiger partial charge in [-0.05, 0) is 31.7 Å². The Hall–Kier alpha value is -1.88. The van der Waals surface area contributed by atoms with E-state index in [2.05, 4.69) is 0 Å². The lowest BCUT2D eigenvalue weighted by atomic mass is 9.91. The van der Waals surface area contributed by atoms with Crippen LogP contribution in [0.4, 0.5) is 0 Å². The average molecular weight is 290 g/mol. The highest BCUT2D eigenvalue weighted by Crippen LogP contribution is 2.23. The quantitative estimate of drug-likeness (QED) is 0.874. The molecular weight excluding hydrogens is 268 g/mol. The molecule has 3 N–H and O–H groups in total. The number of carboxylic acids is 1. The molecule has 3 atom stereocenters. The van der Waals surface area contributed by atoms with Gasteiger partial charge in [-0.15, -0.1) is 0 Å². The van der Waals surface area contributed by atoms with Gasteiger partial charge >= 0.3 is 5.97 Å². The maximum Gasteiger partial charge on any atom is 0.306 e. The molecule has 0 bridgehead atoms. The molecule has 3 unspecified atom stereocenters. The van der Waals surface area contributed by atoms with Crippen molar-refractivity contribution in [2.45, 2.75) is 38.3 Å². The Balaban J connectivity index is 1.95. The molecule has 0 spiro atoms. The number of nitrogens with two attached hydrogens (primary N) is 1. The number of benzene rings is 1. The van der Waals surface area contributed by atoms with E-state index in [1.807, 2.05) is 37.3 Å². The fourth-order valence-electron chi connectivity index (χ4n) is 2.89. The first-order valence-corrected chi connectivity index (χ1v) is 7.32. The van der Waals surface area contributed by atoms with Crippen LogP contribution in [0.1, 0.15) is 25.3 Å². The van der Waals surface area contributed by atoms with Gasteiger partial charge in [0, 0.05) is 12.6 Å². The highest BCUT2D eigenvalue weighted by atomic mass is 16.4. The molecule has 0 radical (unpaired) electrons. The van der Waals surface area contributed by atoms with Crippen molar-refractivity contribution in [2.24, 2.45) is 11.7 Å². The van der Waals surface area contributed by atoms with Gasteiger partial charge in [0.15, 0.2) is 0 Å². The second-order valence-electron chi connectivity index (χ2n) is 5.74. The van der Waals surface area contributed by atoms with Crippen LogP contribution in [0.3, 0.4) is 0 Å². The SMILES string of the molecule is CC1CC(C(=O)O)CCN1C(=O)C(N)Cc1ccccc1. The van der Waals surface area contributed by atoms with Gasteiger partial charge in [0.25, 0.3) is 0 Å². The van der Waals surface area contributed by atoms with Gasteiger partial charge < -0.3 is 15.7 Å². The van der Waals surface area contributed by atoms with E-state index in [0.717, 1.165) is 5.56 Å². The molecule has 114 valence electrons. The number of amides is 1. The van der Waals surface area contributed by atoms with Gasteiger partial charge in [-0.2, -0.15) is 0 Å². The predicted molar refractivity (Wildman–Crippen MR) is 79.7 cm³/mol. The highest BCUT2D eigenvalue weighted by molar-refractivity contribution is 5.82. The number of hydrogen-bond acceptors (Lipinski definition) is 3. The summed E-state index contributed by atoms with van der Waals surface area (Å²) in [6.45, 7) is 2.36. The molecule has 1 amide bonds. The third-order valence-electron chi connectivity index (χ3n) is 4.12. The lowest BCUT2D eigenvalue weighted by molar-refractivity contribution is -0.147. The first-order chi connectivity index (χ1) is 9.99. The third kappa shape index (κ3) is 3.82. The number of carbonyl (C=O) groups excluding carboxylic acids is 1. The molecule has 0 aliphatic carbocycles. The molecule has 21 heavy (non-hydrogen) atoms. The Morgan fingerprint density at radius 2 is 2.05 bits per heavy atom. The minimum atomic E-state index is -0.775. The summed E-state index contributed by atoms with van der Waals surface area (Å²) in [5, 5.41) is 9.06. The van der Waals surface area contributed by atoms with E-state index in [9.17, 15) is 9.59 Å². The molecule has 5 heteroatoms. The standard InChI is InChI=1S/C16H22N2O3/c1-11-9-13(16(20)21)7-8-18(11)15(19)14(17)10-12-5-3-2-4-6-12/h2-6,11,13-14H,7-10,17H2,1H3,(H,20,21). The van der Waals surface area contributed by atoms with Crippen LogP contribution in [-0.4, -0.2) is 40.5 Å². The first kappa shape index (κ1) is 15.5. The van der Waals surface area contributed by atoms with Crippen molar-refractivity contribution in [3.63, 3.8) is 0 Å². The summed E-state index contributed by atoms with van der Waals surface area (Å²) >= 11 is 0. The Morgan fingerprint density at radius 3 is 2.62 bits per heavy atom. The summed E-state index contributed by atoms with van der Waals surface area (Å²) in [5.74, 6) is -1.22. The van der Waals surface area contributed by atoms with Crippen LogP contribution in [0.15, 0.2) is 30.3 Å². The Kier molecular flexibility index (Phi) is 4.96. The second-order valence-corrected chi connectivity index (χ2v) is 5.74. The van der Waals surface area contributed by atoms with Crippen molar-refractivity contribution < 1.29 is 14.7 Å². The van der Waals surface area contributed by atoms with E-state index >= 15 is 0 Å². The highest BCUT2D eigenvalue weighted by Gasteiger charge is 2.33. The van der Waals surface area contributed by atoms with Gasteiger partial charge in [-0.1, -0.05) is 30.3 Å². The smallest absolute Gasteiger partial charge is 0.306 e. The Morgan fingerprint density at radius 1 is 1.38 bits per heavy atom. The normalized spacial score (nSPS) is 23.6. The number of carbonyl (C=O) groups is 2. The number of likely N-dealkylation sites (tertiary alicyclic amines) is 1. The van der Waals surface area contributed by atoms with Crippen LogP contribution in [0.2, 0.25) is 0 Å². The zero-order valence-corrected chi connectivity index (χ0v) is 12.2. The molecule has 1 aromatic rings. The molecule has 1 aromatic carbocycles. The number of rotatable bonds is 4. The van der Waals surface area contributed by atoms with E-state index < -0.39 is 12.0 Å². The van der Waals surface area contributed by atoms with Crippen molar-refractivity contribution in [1.82, 2.24) is 4.90 Å². The first-order valence-electron chi connectivity index (χ1n) is 7.32. The topological polar surface area (TPSA) is 83.6 Å². The third-order valence-corrected chi connectivity index (χ3v) is 4.12. The van der Waals surface area contributed by atoms with E-state index in [0.29, 0.717) is 25.8 Å². The monoisotopic (exact) mass is 290 g/mol. The lowest BCUT2D eigenvalue weighted by Gasteiger charge is -2.37. The van der Waals surface area contributed by atoms with E-state index in [1.54, 1.807) is 4.90 Å². The minimum absolute atomic E-state index is 0.0748. The minimum Gasteiger partial charge on any atom is -0.481 e. The molecule has 1 aliphatic rings. The molecular formula is C16H22N2O3. The summed E-state index contributed by atoms with van der Waals surface area (Å²) in [6, 6.07) is 9.03. The number of carboxylic acid groups (broad SMARTS) is 1. The van der Waals surface area contributed by atoms with Crippen molar-refractivity contribution in [3.05, 3.63) is 35.9 Å². The molecule has 5 nitrogen and oxygen atoms in total. The molecule has 1 saturated heterocycles. The average Bonchev–Trinajstić information content (AvgIpc) is 2.47. The molecule has 2 rings (SSSR count). The summed E-state index contributed by atoms with van der Waals surface area (Å²) in [7, 11) is 0. The summed E-state index contributed by atoms with van der Waals surface area (Å²) in [6.07, 6.45) is 1.51. The van der Waals surface area contributed by atoms with Gasteiger partial charge in [0.05, 0.1) is 12.0 Å². The van der Waals surface area contributed by atoms with E-state index in [1.165, 1.54) is 0 Å². The fourth-order valence-corrected chi connectivity index (χ4v) is 2.89. The number of aliphatic carboxylic acids is 1. The lowest BCUT2D eigenvalue weighted by Crippen LogP contribution is -2.52. The Bertz CT molecular complexity index is 504.